The highest BCUT2D eigenvalue weighted by Gasteiger charge is 2.11. The van der Waals surface area contributed by atoms with Crippen molar-refractivity contribution in [2.24, 2.45) is 4.99 Å². The maximum atomic E-state index is 13.8. The van der Waals surface area contributed by atoms with Crippen molar-refractivity contribution in [3.8, 4) is 5.69 Å². The molecule has 0 fully saturated rings. The van der Waals surface area contributed by atoms with Gasteiger partial charge in [-0.15, -0.1) is 0 Å². The van der Waals surface area contributed by atoms with Crippen LogP contribution in [-0.2, 0) is 0 Å². The van der Waals surface area contributed by atoms with Crippen LogP contribution in [0.3, 0.4) is 0 Å². The van der Waals surface area contributed by atoms with Gasteiger partial charge in [0, 0.05) is 20.2 Å². The number of H-pyrrole nitrogens is 1. The van der Waals surface area contributed by atoms with Crippen LogP contribution in [0.4, 0.5) is 10.2 Å². The van der Waals surface area contributed by atoms with Crippen molar-refractivity contribution in [2.75, 3.05) is 14.1 Å². The lowest BCUT2D eigenvalue weighted by Crippen LogP contribution is -2.28. The van der Waals surface area contributed by atoms with Gasteiger partial charge in [0.2, 0.25) is 0 Å². The Labute approximate surface area is 113 Å². The highest BCUT2D eigenvalue weighted by atomic mass is 19.1. The van der Waals surface area contributed by atoms with Gasteiger partial charge in [-0.3, -0.25) is 9.78 Å². The second-order valence-corrected chi connectivity index (χ2v) is 4.29. The molecule has 20 heavy (non-hydrogen) atoms. The van der Waals surface area contributed by atoms with E-state index in [0.29, 0.717) is 0 Å². The molecule has 1 N–H and O–H groups in total. The number of halogens is 1. The Balaban J connectivity index is 2.72. The van der Waals surface area contributed by atoms with Gasteiger partial charge in [0.25, 0.3) is 5.56 Å². The molecule has 0 atom stereocenters. The second kappa shape index (κ2) is 5.52. The molecule has 104 valence electrons. The van der Waals surface area contributed by atoms with E-state index in [9.17, 15) is 14.0 Å². The molecule has 2 aromatic rings. The summed E-state index contributed by atoms with van der Waals surface area (Å²) in [4.78, 5) is 31.0. The summed E-state index contributed by atoms with van der Waals surface area (Å²) in [6.45, 7) is 0. The number of benzene rings is 1. The first kappa shape index (κ1) is 13.7. The fourth-order valence-corrected chi connectivity index (χ4v) is 1.62. The number of hydrogen-bond acceptors (Lipinski definition) is 3. The lowest BCUT2D eigenvalue weighted by molar-refractivity contribution is 0.614. The van der Waals surface area contributed by atoms with E-state index >= 15 is 0 Å². The molecule has 0 aliphatic rings. The van der Waals surface area contributed by atoms with Crippen LogP contribution in [0.15, 0.2) is 44.9 Å². The summed E-state index contributed by atoms with van der Waals surface area (Å²) >= 11 is 0. The third-order valence-electron chi connectivity index (χ3n) is 2.44. The molecule has 0 aliphatic carbocycles. The number of para-hydroxylation sites is 1. The summed E-state index contributed by atoms with van der Waals surface area (Å²) < 4.78 is 14.8. The molecule has 6 nitrogen and oxygen atoms in total. The summed E-state index contributed by atoms with van der Waals surface area (Å²) in [7, 11) is 3.48. The third kappa shape index (κ3) is 2.82. The minimum atomic E-state index is -0.742. The Morgan fingerprint density at radius 1 is 1.30 bits per heavy atom. The van der Waals surface area contributed by atoms with Crippen LogP contribution in [0.1, 0.15) is 0 Å². The quantitative estimate of drug-likeness (QED) is 0.668. The van der Waals surface area contributed by atoms with Crippen LogP contribution in [0, 0.1) is 5.82 Å². The van der Waals surface area contributed by atoms with Gasteiger partial charge < -0.3 is 4.90 Å². The molecular formula is C13H13FN4O2. The van der Waals surface area contributed by atoms with Gasteiger partial charge in [0.15, 0.2) is 0 Å². The molecule has 7 heteroatoms. The highest BCUT2D eigenvalue weighted by molar-refractivity contribution is 5.60. The van der Waals surface area contributed by atoms with Crippen LogP contribution < -0.4 is 11.2 Å². The monoisotopic (exact) mass is 276 g/mol. The predicted octanol–water partition coefficient (Wildman–Crippen LogP) is 0.886. The summed E-state index contributed by atoms with van der Waals surface area (Å²) in [5, 5.41) is 0. The maximum absolute atomic E-state index is 13.8. The number of aliphatic imine (C=N–C) groups is 1. The summed E-state index contributed by atoms with van der Waals surface area (Å²) in [5.41, 5.74) is -1.30. The van der Waals surface area contributed by atoms with Crippen molar-refractivity contribution in [2.45, 2.75) is 0 Å². The fraction of sp³-hybridized carbons (Fsp3) is 0.154. The van der Waals surface area contributed by atoms with E-state index in [1.807, 2.05) is 0 Å². The van der Waals surface area contributed by atoms with Gasteiger partial charge in [-0.2, -0.15) is 0 Å². The van der Waals surface area contributed by atoms with Crippen LogP contribution in [-0.4, -0.2) is 34.9 Å². The Morgan fingerprint density at radius 3 is 2.65 bits per heavy atom. The molecule has 0 radical (unpaired) electrons. The van der Waals surface area contributed by atoms with Crippen molar-refractivity contribution in [1.29, 1.82) is 0 Å². The summed E-state index contributed by atoms with van der Waals surface area (Å²) in [6.07, 6.45) is 1.42. The van der Waals surface area contributed by atoms with Gasteiger partial charge >= 0.3 is 5.69 Å². The molecule has 0 aliphatic heterocycles. The molecule has 0 amide bonds. The minimum Gasteiger partial charge on any atom is -0.369 e. The van der Waals surface area contributed by atoms with Crippen molar-refractivity contribution in [1.82, 2.24) is 14.5 Å². The normalized spacial score (nSPS) is 10.9. The molecule has 2 rings (SSSR count). The van der Waals surface area contributed by atoms with E-state index in [-0.39, 0.29) is 11.5 Å². The average Bonchev–Trinajstić information content (AvgIpc) is 2.37. The highest BCUT2D eigenvalue weighted by Crippen LogP contribution is 2.16. The van der Waals surface area contributed by atoms with Gasteiger partial charge in [0.1, 0.15) is 11.6 Å². The standard InChI is InChI=1S/C13H13FN4O2/c1-17(2)8-15-11-7-12(19)16-13(20)18(11)10-6-4-3-5-9(10)14/h3-8H,1-2H3,(H,16,19,20). The average molecular weight is 276 g/mol. The molecule has 0 unspecified atom stereocenters. The first-order valence-electron chi connectivity index (χ1n) is 5.81. The van der Waals surface area contributed by atoms with Gasteiger partial charge in [-0.25, -0.2) is 18.7 Å². The van der Waals surface area contributed by atoms with E-state index in [0.717, 1.165) is 10.6 Å². The number of nitrogens with one attached hydrogen (secondary N) is 1. The third-order valence-corrected chi connectivity index (χ3v) is 2.44. The molecule has 1 heterocycles. The van der Waals surface area contributed by atoms with Crippen LogP contribution in [0.25, 0.3) is 5.69 Å². The van der Waals surface area contributed by atoms with Gasteiger partial charge in [-0.05, 0) is 12.1 Å². The van der Waals surface area contributed by atoms with Crippen LogP contribution in [0.5, 0.6) is 0 Å². The first-order chi connectivity index (χ1) is 9.49. The van der Waals surface area contributed by atoms with E-state index < -0.39 is 17.1 Å². The molecule has 0 bridgehead atoms. The number of nitrogens with zero attached hydrogens (tertiary/aromatic N) is 3. The van der Waals surface area contributed by atoms with Gasteiger partial charge in [-0.1, -0.05) is 12.1 Å². The molecule has 1 aromatic heterocycles. The Morgan fingerprint density at radius 2 is 2.00 bits per heavy atom. The molecule has 0 saturated heterocycles. The van der Waals surface area contributed by atoms with E-state index in [4.69, 9.17) is 0 Å². The lowest BCUT2D eigenvalue weighted by Gasteiger charge is -2.10. The summed E-state index contributed by atoms with van der Waals surface area (Å²) in [5.74, 6) is -0.527. The second-order valence-electron chi connectivity index (χ2n) is 4.29. The molecule has 0 spiro atoms. The summed E-state index contributed by atoms with van der Waals surface area (Å²) in [6, 6.07) is 6.90. The largest absolute Gasteiger partial charge is 0.369 e. The molecule has 0 saturated carbocycles. The number of aromatic nitrogens is 2. The van der Waals surface area contributed by atoms with Crippen LogP contribution >= 0.6 is 0 Å². The molecular weight excluding hydrogens is 263 g/mol. The zero-order valence-corrected chi connectivity index (χ0v) is 11.0. The van der Waals surface area contributed by atoms with Crippen molar-refractivity contribution >= 4 is 12.2 Å². The van der Waals surface area contributed by atoms with Crippen LogP contribution in [0.2, 0.25) is 0 Å². The number of aromatic amines is 1. The van der Waals surface area contributed by atoms with Crippen molar-refractivity contribution < 1.29 is 4.39 Å². The number of hydrogen-bond donors (Lipinski definition) is 1. The van der Waals surface area contributed by atoms with E-state index in [2.05, 4.69) is 9.98 Å². The van der Waals surface area contributed by atoms with Gasteiger partial charge in [0.05, 0.1) is 12.0 Å². The maximum Gasteiger partial charge on any atom is 0.334 e. The minimum absolute atomic E-state index is 0.0275. The van der Waals surface area contributed by atoms with E-state index in [1.165, 1.54) is 24.5 Å². The zero-order chi connectivity index (χ0) is 14.7. The first-order valence-corrected chi connectivity index (χ1v) is 5.81. The Bertz CT molecular complexity index is 761. The zero-order valence-electron chi connectivity index (χ0n) is 11.0. The Kier molecular flexibility index (Phi) is 3.79. The number of rotatable bonds is 3. The Hall–Kier alpha value is -2.70. The fourth-order valence-electron chi connectivity index (χ4n) is 1.62. The predicted molar refractivity (Wildman–Crippen MR) is 74.5 cm³/mol. The smallest absolute Gasteiger partial charge is 0.334 e. The SMILES string of the molecule is CN(C)C=Nc1cc(=O)[nH]c(=O)n1-c1ccccc1F. The van der Waals surface area contributed by atoms with Crippen molar-refractivity contribution in [3.05, 3.63) is 57.0 Å². The molecule has 1 aromatic carbocycles. The van der Waals surface area contributed by atoms with Crippen molar-refractivity contribution in [3.63, 3.8) is 0 Å². The van der Waals surface area contributed by atoms with E-state index in [1.54, 1.807) is 25.1 Å². The topological polar surface area (TPSA) is 70.5 Å². The lowest BCUT2D eigenvalue weighted by atomic mass is 10.3.